The van der Waals surface area contributed by atoms with E-state index >= 15 is 0 Å². The minimum atomic E-state index is -0.462. The lowest BCUT2D eigenvalue weighted by molar-refractivity contribution is 0.102. The number of pyridine rings is 1. The van der Waals surface area contributed by atoms with Crippen LogP contribution in [0.15, 0.2) is 60.9 Å². The third-order valence-electron chi connectivity index (χ3n) is 4.85. The van der Waals surface area contributed by atoms with Crippen LogP contribution in [0.5, 0.6) is 5.75 Å². The molecule has 4 rings (SSSR count). The number of hydrogen-bond acceptors (Lipinski definition) is 5. The van der Waals surface area contributed by atoms with E-state index in [-0.39, 0.29) is 12.2 Å². The molecule has 0 aliphatic carbocycles. The summed E-state index contributed by atoms with van der Waals surface area (Å²) >= 11 is 6.27. The van der Waals surface area contributed by atoms with Crippen molar-refractivity contribution in [2.24, 2.45) is 0 Å². The number of rotatable bonds is 6. The first kappa shape index (κ1) is 21.1. The molecule has 1 saturated heterocycles. The molecule has 0 radical (unpaired) electrons. The number of nitrogens with zero attached hydrogens (tertiary/aromatic N) is 2. The number of benzene rings is 2. The van der Waals surface area contributed by atoms with Gasteiger partial charge >= 0.3 is 0 Å². The summed E-state index contributed by atoms with van der Waals surface area (Å²) in [5.41, 5.74) is 2.15. The smallest absolute Gasteiger partial charge is 0.255 e. The van der Waals surface area contributed by atoms with Gasteiger partial charge in [-0.05, 0) is 48.5 Å². The molecule has 8 heteroatoms. The first-order chi connectivity index (χ1) is 15.1. The van der Waals surface area contributed by atoms with E-state index in [1.165, 1.54) is 12.1 Å². The summed E-state index contributed by atoms with van der Waals surface area (Å²) < 4.78 is 25.2. The number of nitrogens with one attached hydrogen (secondary N) is 1. The van der Waals surface area contributed by atoms with Crippen molar-refractivity contribution in [2.45, 2.75) is 6.61 Å². The van der Waals surface area contributed by atoms with E-state index in [0.717, 1.165) is 0 Å². The van der Waals surface area contributed by atoms with Crippen LogP contribution in [-0.4, -0.2) is 37.2 Å². The zero-order chi connectivity index (χ0) is 21.6. The minimum absolute atomic E-state index is 0.218. The van der Waals surface area contributed by atoms with Crippen LogP contribution in [0.4, 0.5) is 15.8 Å². The number of carbonyl (C=O) groups is 1. The molecule has 1 N–H and O–H groups in total. The Bertz CT molecular complexity index is 1060. The molecule has 2 heterocycles. The number of amides is 1. The fourth-order valence-electron chi connectivity index (χ4n) is 3.27. The molecule has 3 aromatic rings. The summed E-state index contributed by atoms with van der Waals surface area (Å²) in [7, 11) is 0. The van der Waals surface area contributed by atoms with Crippen LogP contribution >= 0.6 is 11.6 Å². The van der Waals surface area contributed by atoms with Gasteiger partial charge in [-0.2, -0.15) is 0 Å². The van der Waals surface area contributed by atoms with Gasteiger partial charge in [0.2, 0.25) is 0 Å². The molecule has 1 aromatic heterocycles. The minimum Gasteiger partial charge on any atom is -0.487 e. The fraction of sp³-hybridized carbons (Fsp3) is 0.217. The van der Waals surface area contributed by atoms with Gasteiger partial charge in [0, 0.05) is 46.8 Å². The Hall–Kier alpha value is -3.16. The highest BCUT2D eigenvalue weighted by Gasteiger charge is 2.16. The molecule has 2 aromatic carbocycles. The molecule has 6 nitrogen and oxygen atoms in total. The Balaban J connectivity index is 1.47. The summed E-state index contributed by atoms with van der Waals surface area (Å²) in [6, 6.07) is 13.0. The molecule has 1 amide bonds. The van der Waals surface area contributed by atoms with Gasteiger partial charge in [-0.25, -0.2) is 4.39 Å². The second-order valence-corrected chi connectivity index (χ2v) is 7.44. The number of halogens is 2. The average Bonchev–Trinajstić information content (AvgIpc) is 2.80. The van der Waals surface area contributed by atoms with E-state index in [2.05, 4.69) is 10.3 Å². The van der Waals surface area contributed by atoms with Crippen LogP contribution in [0, 0.1) is 5.82 Å². The van der Waals surface area contributed by atoms with Crippen LogP contribution in [0.3, 0.4) is 0 Å². The SMILES string of the molecule is O=C(Nc1ccc(Cl)c(COc2cccnc2)c1)c1cc(F)cc(N2CCOCC2)c1. The number of morpholine rings is 1. The van der Waals surface area contributed by atoms with Gasteiger partial charge in [0.15, 0.2) is 0 Å². The van der Waals surface area contributed by atoms with E-state index in [1.54, 1.807) is 48.8 Å². The van der Waals surface area contributed by atoms with Crippen LogP contribution in [0.1, 0.15) is 15.9 Å². The summed E-state index contributed by atoms with van der Waals surface area (Å²) in [6.07, 6.45) is 3.27. The quantitative estimate of drug-likeness (QED) is 0.608. The molecule has 1 aliphatic rings. The number of anilines is 2. The predicted octanol–water partition coefficient (Wildman–Crippen LogP) is 4.54. The monoisotopic (exact) mass is 441 g/mol. The lowest BCUT2D eigenvalue weighted by atomic mass is 10.1. The highest BCUT2D eigenvalue weighted by atomic mass is 35.5. The van der Waals surface area contributed by atoms with Gasteiger partial charge in [0.25, 0.3) is 5.91 Å². The zero-order valence-electron chi connectivity index (χ0n) is 16.7. The summed E-state index contributed by atoms with van der Waals surface area (Å²) in [4.78, 5) is 18.8. The molecule has 160 valence electrons. The molecule has 0 bridgehead atoms. The van der Waals surface area contributed by atoms with Crippen LogP contribution in [-0.2, 0) is 11.3 Å². The first-order valence-corrected chi connectivity index (χ1v) is 10.2. The molecule has 0 atom stereocenters. The topological polar surface area (TPSA) is 63.7 Å². The molecule has 1 aliphatic heterocycles. The Labute approximate surface area is 184 Å². The van der Waals surface area contributed by atoms with Crippen molar-refractivity contribution in [2.75, 3.05) is 36.5 Å². The van der Waals surface area contributed by atoms with Gasteiger partial charge in [-0.1, -0.05) is 11.6 Å². The van der Waals surface area contributed by atoms with E-state index in [4.69, 9.17) is 21.1 Å². The third-order valence-corrected chi connectivity index (χ3v) is 5.22. The largest absolute Gasteiger partial charge is 0.487 e. The number of ether oxygens (including phenoxy) is 2. The fourth-order valence-corrected chi connectivity index (χ4v) is 3.44. The van der Waals surface area contributed by atoms with Crippen molar-refractivity contribution in [1.82, 2.24) is 4.98 Å². The van der Waals surface area contributed by atoms with Crippen molar-refractivity contribution in [3.05, 3.63) is 82.9 Å². The standard InChI is InChI=1S/C23H21ClFN3O3/c24-22-4-3-19(11-17(22)15-31-21-2-1-5-26-14-21)27-23(29)16-10-18(25)13-20(12-16)28-6-8-30-9-7-28/h1-5,10-14H,6-9,15H2,(H,27,29). The Morgan fingerprint density at radius 3 is 2.81 bits per heavy atom. The summed E-state index contributed by atoms with van der Waals surface area (Å²) in [5, 5.41) is 3.32. The molecule has 0 unspecified atom stereocenters. The van der Waals surface area contributed by atoms with Crippen molar-refractivity contribution in [3.63, 3.8) is 0 Å². The van der Waals surface area contributed by atoms with Crippen molar-refractivity contribution in [1.29, 1.82) is 0 Å². The molecular weight excluding hydrogens is 421 g/mol. The molecular formula is C23H21ClFN3O3. The van der Waals surface area contributed by atoms with E-state index in [9.17, 15) is 9.18 Å². The lowest BCUT2D eigenvalue weighted by Crippen LogP contribution is -2.36. The zero-order valence-corrected chi connectivity index (χ0v) is 17.4. The van der Waals surface area contributed by atoms with Crippen molar-refractivity contribution >= 4 is 28.9 Å². The van der Waals surface area contributed by atoms with Gasteiger partial charge in [0.1, 0.15) is 18.2 Å². The maximum absolute atomic E-state index is 14.2. The summed E-state index contributed by atoms with van der Waals surface area (Å²) in [6.45, 7) is 2.68. The molecule has 31 heavy (non-hydrogen) atoms. The normalized spacial score (nSPS) is 13.7. The average molecular weight is 442 g/mol. The van der Waals surface area contributed by atoms with E-state index in [0.29, 0.717) is 54.0 Å². The highest BCUT2D eigenvalue weighted by Crippen LogP contribution is 2.24. The van der Waals surface area contributed by atoms with E-state index in [1.807, 2.05) is 4.90 Å². The summed E-state index contributed by atoms with van der Waals surface area (Å²) in [5.74, 6) is -0.255. The van der Waals surface area contributed by atoms with E-state index < -0.39 is 11.7 Å². The van der Waals surface area contributed by atoms with Crippen molar-refractivity contribution in [3.8, 4) is 5.75 Å². The van der Waals surface area contributed by atoms with Gasteiger partial charge in [-0.15, -0.1) is 0 Å². The van der Waals surface area contributed by atoms with Crippen LogP contribution < -0.4 is 15.0 Å². The van der Waals surface area contributed by atoms with Gasteiger partial charge < -0.3 is 19.7 Å². The Morgan fingerprint density at radius 1 is 1.19 bits per heavy atom. The Morgan fingerprint density at radius 2 is 2.03 bits per heavy atom. The van der Waals surface area contributed by atoms with Gasteiger partial charge in [0.05, 0.1) is 19.4 Å². The number of carbonyl (C=O) groups excluding carboxylic acids is 1. The molecule has 1 fully saturated rings. The van der Waals surface area contributed by atoms with Crippen molar-refractivity contribution < 1.29 is 18.7 Å². The maximum atomic E-state index is 14.2. The number of aromatic nitrogens is 1. The van der Waals surface area contributed by atoms with Crippen LogP contribution in [0.2, 0.25) is 5.02 Å². The van der Waals surface area contributed by atoms with Gasteiger partial charge in [-0.3, -0.25) is 9.78 Å². The lowest BCUT2D eigenvalue weighted by Gasteiger charge is -2.29. The second kappa shape index (κ2) is 9.76. The second-order valence-electron chi connectivity index (χ2n) is 7.04. The first-order valence-electron chi connectivity index (χ1n) is 9.84. The predicted molar refractivity (Wildman–Crippen MR) is 117 cm³/mol. The maximum Gasteiger partial charge on any atom is 0.255 e. The molecule has 0 spiro atoms. The third kappa shape index (κ3) is 5.51. The Kier molecular flexibility index (Phi) is 6.64. The number of hydrogen-bond donors (Lipinski definition) is 1. The molecule has 0 saturated carbocycles. The highest BCUT2D eigenvalue weighted by molar-refractivity contribution is 6.31. The van der Waals surface area contributed by atoms with Crippen LogP contribution in [0.25, 0.3) is 0 Å².